The van der Waals surface area contributed by atoms with E-state index in [4.69, 9.17) is 18.0 Å². The van der Waals surface area contributed by atoms with Crippen molar-refractivity contribution in [3.8, 4) is 0 Å². The van der Waals surface area contributed by atoms with Crippen LogP contribution in [0.2, 0.25) is 0 Å². The van der Waals surface area contributed by atoms with Gasteiger partial charge in [-0.05, 0) is 37.6 Å². The molecule has 1 heterocycles. The summed E-state index contributed by atoms with van der Waals surface area (Å²) in [5, 5.41) is 0. The van der Waals surface area contributed by atoms with Gasteiger partial charge in [0.05, 0.1) is 0 Å². The van der Waals surface area contributed by atoms with Gasteiger partial charge in [0.1, 0.15) is 4.99 Å². The standard InChI is InChI=1S/C12H16N2S/c13-12(15)11-5-3-4-10(8-11)9-14-6-1-2-7-14/h3-5,8H,1-2,6-7,9H2,(H2,13,15). The summed E-state index contributed by atoms with van der Waals surface area (Å²) in [7, 11) is 0. The molecule has 0 radical (unpaired) electrons. The van der Waals surface area contributed by atoms with Crippen molar-refractivity contribution in [1.82, 2.24) is 4.90 Å². The van der Waals surface area contributed by atoms with E-state index >= 15 is 0 Å². The third kappa shape index (κ3) is 2.76. The molecular formula is C12H16N2S. The van der Waals surface area contributed by atoms with Crippen LogP contribution < -0.4 is 5.73 Å². The highest BCUT2D eigenvalue weighted by atomic mass is 32.1. The molecule has 15 heavy (non-hydrogen) atoms. The minimum Gasteiger partial charge on any atom is -0.389 e. The van der Waals surface area contributed by atoms with Crippen LogP contribution in [0.5, 0.6) is 0 Å². The first kappa shape index (κ1) is 10.6. The van der Waals surface area contributed by atoms with Crippen molar-refractivity contribution in [3.05, 3.63) is 35.4 Å². The van der Waals surface area contributed by atoms with Gasteiger partial charge in [0.25, 0.3) is 0 Å². The monoisotopic (exact) mass is 220 g/mol. The highest BCUT2D eigenvalue weighted by molar-refractivity contribution is 7.80. The second kappa shape index (κ2) is 4.73. The zero-order valence-electron chi connectivity index (χ0n) is 8.78. The molecule has 80 valence electrons. The number of nitrogens with two attached hydrogens (primary N) is 1. The highest BCUT2D eigenvalue weighted by Crippen LogP contribution is 2.13. The van der Waals surface area contributed by atoms with E-state index in [9.17, 15) is 0 Å². The normalized spacial score (nSPS) is 16.8. The molecule has 2 nitrogen and oxygen atoms in total. The van der Waals surface area contributed by atoms with E-state index in [2.05, 4.69) is 17.0 Å². The molecule has 3 heteroatoms. The molecule has 0 aliphatic carbocycles. The number of benzene rings is 1. The third-order valence-corrected chi connectivity index (χ3v) is 3.05. The van der Waals surface area contributed by atoms with Crippen LogP contribution in [0.1, 0.15) is 24.0 Å². The molecule has 2 N–H and O–H groups in total. The minimum atomic E-state index is 0.485. The van der Waals surface area contributed by atoms with E-state index in [0.717, 1.165) is 12.1 Å². The van der Waals surface area contributed by atoms with Crippen molar-refractivity contribution < 1.29 is 0 Å². The molecule has 0 aromatic heterocycles. The van der Waals surface area contributed by atoms with E-state index in [1.54, 1.807) is 0 Å². The van der Waals surface area contributed by atoms with E-state index < -0.39 is 0 Å². The Morgan fingerprint density at radius 3 is 2.73 bits per heavy atom. The van der Waals surface area contributed by atoms with E-state index in [1.165, 1.54) is 31.5 Å². The Morgan fingerprint density at radius 2 is 2.07 bits per heavy atom. The third-order valence-electron chi connectivity index (χ3n) is 2.82. The van der Waals surface area contributed by atoms with E-state index in [1.807, 2.05) is 12.1 Å². The Bertz CT molecular complexity index is 356. The summed E-state index contributed by atoms with van der Waals surface area (Å²) in [6, 6.07) is 8.23. The molecule has 1 fully saturated rings. The largest absolute Gasteiger partial charge is 0.389 e. The van der Waals surface area contributed by atoms with Crippen LogP contribution in [0.15, 0.2) is 24.3 Å². The number of hydrogen-bond acceptors (Lipinski definition) is 2. The number of thiocarbonyl (C=S) groups is 1. The van der Waals surface area contributed by atoms with Gasteiger partial charge in [0, 0.05) is 12.1 Å². The maximum atomic E-state index is 5.61. The molecule has 1 aromatic carbocycles. The van der Waals surface area contributed by atoms with Gasteiger partial charge in [0.2, 0.25) is 0 Å². The van der Waals surface area contributed by atoms with Gasteiger partial charge in [-0.15, -0.1) is 0 Å². The van der Waals surface area contributed by atoms with Gasteiger partial charge in [0.15, 0.2) is 0 Å². The van der Waals surface area contributed by atoms with Gasteiger partial charge in [-0.25, -0.2) is 0 Å². The number of rotatable bonds is 3. The fourth-order valence-corrected chi connectivity index (χ4v) is 2.15. The maximum Gasteiger partial charge on any atom is 0.103 e. The number of likely N-dealkylation sites (tertiary alicyclic amines) is 1. The summed E-state index contributed by atoms with van der Waals surface area (Å²) < 4.78 is 0. The summed E-state index contributed by atoms with van der Waals surface area (Å²) in [5.74, 6) is 0. The second-order valence-corrected chi connectivity index (χ2v) is 4.49. The molecular weight excluding hydrogens is 204 g/mol. The Morgan fingerprint density at radius 1 is 1.33 bits per heavy atom. The molecule has 1 aliphatic heterocycles. The summed E-state index contributed by atoms with van der Waals surface area (Å²) in [4.78, 5) is 2.96. The number of nitrogens with zero attached hydrogens (tertiary/aromatic N) is 1. The lowest BCUT2D eigenvalue weighted by Gasteiger charge is -2.14. The Labute approximate surface area is 96.1 Å². The van der Waals surface area contributed by atoms with Crippen LogP contribution >= 0.6 is 12.2 Å². The van der Waals surface area contributed by atoms with Crippen molar-refractivity contribution in [2.75, 3.05) is 13.1 Å². The molecule has 1 saturated heterocycles. The van der Waals surface area contributed by atoms with Gasteiger partial charge < -0.3 is 5.73 Å². The van der Waals surface area contributed by atoms with Crippen molar-refractivity contribution in [1.29, 1.82) is 0 Å². The van der Waals surface area contributed by atoms with Crippen molar-refractivity contribution in [3.63, 3.8) is 0 Å². The Balaban J connectivity index is 2.07. The molecule has 0 saturated carbocycles. The topological polar surface area (TPSA) is 29.3 Å². The Hall–Kier alpha value is -0.930. The van der Waals surface area contributed by atoms with Gasteiger partial charge in [-0.1, -0.05) is 30.4 Å². The molecule has 0 bridgehead atoms. The van der Waals surface area contributed by atoms with Gasteiger partial charge >= 0.3 is 0 Å². The van der Waals surface area contributed by atoms with Crippen LogP contribution in [0, 0.1) is 0 Å². The predicted molar refractivity (Wildman–Crippen MR) is 66.8 cm³/mol. The Kier molecular flexibility index (Phi) is 3.34. The molecule has 1 aliphatic rings. The van der Waals surface area contributed by atoms with Crippen LogP contribution in [-0.4, -0.2) is 23.0 Å². The minimum absolute atomic E-state index is 0.485. The van der Waals surface area contributed by atoms with Gasteiger partial charge in [-0.3, -0.25) is 4.90 Å². The molecule has 0 atom stereocenters. The van der Waals surface area contributed by atoms with E-state index in [0.29, 0.717) is 4.99 Å². The SMILES string of the molecule is NC(=S)c1cccc(CN2CCCC2)c1. The first-order chi connectivity index (χ1) is 7.25. The molecule has 0 amide bonds. The molecule has 0 spiro atoms. The van der Waals surface area contributed by atoms with Gasteiger partial charge in [-0.2, -0.15) is 0 Å². The summed E-state index contributed by atoms with van der Waals surface area (Å²) in [6.45, 7) is 3.46. The lowest BCUT2D eigenvalue weighted by atomic mass is 10.1. The average Bonchev–Trinajstić information content (AvgIpc) is 2.71. The fourth-order valence-electron chi connectivity index (χ4n) is 2.02. The van der Waals surface area contributed by atoms with E-state index in [-0.39, 0.29) is 0 Å². The quantitative estimate of drug-likeness (QED) is 0.789. The maximum absolute atomic E-state index is 5.61. The fraction of sp³-hybridized carbons (Fsp3) is 0.417. The van der Waals surface area contributed by atoms with Crippen LogP contribution in [0.3, 0.4) is 0 Å². The van der Waals surface area contributed by atoms with Crippen LogP contribution in [0.25, 0.3) is 0 Å². The average molecular weight is 220 g/mol. The zero-order valence-corrected chi connectivity index (χ0v) is 9.59. The first-order valence-electron chi connectivity index (χ1n) is 5.37. The lowest BCUT2D eigenvalue weighted by molar-refractivity contribution is 0.331. The van der Waals surface area contributed by atoms with Crippen molar-refractivity contribution in [2.24, 2.45) is 5.73 Å². The predicted octanol–water partition coefficient (Wildman–Crippen LogP) is 1.92. The van der Waals surface area contributed by atoms with Crippen molar-refractivity contribution >= 4 is 17.2 Å². The molecule has 0 unspecified atom stereocenters. The molecule has 2 rings (SSSR count). The van der Waals surface area contributed by atoms with Crippen LogP contribution in [0.4, 0.5) is 0 Å². The van der Waals surface area contributed by atoms with Crippen LogP contribution in [-0.2, 0) is 6.54 Å². The highest BCUT2D eigenvalue weighted by Gasteiger charge is 2.11. The summed E-state index contributed by atoms with van der Waals surface area (Å²) >= 11 is 4.97. The zero-order chi connectivity index (χ0) is 10.7. The first-order valence-corrected chi connectivity index (χ1v) is 5.77. The van der Waals surface area contributed by atoms with Crippen molar-refractivity contribution in [2.45, 2.75) is 19.4 Å². The molecule has 1 aromatic rings. The second-order valence-electron chi connectivity index (χ2n) is 4.05. The lowest BCUT2D eigenvalue weighted by Crippen LogP contribution is -2.18. The summed E-state index contributed by atoms with van der Waals surface area (Å²) in [5.41, 5.74) is 7.89. The summed E-state index contributed by atoms with van der Waals surface area (Å²) in [6.07, 6.45) is 2.66. The number of hydrogen-bond donors (Lipinski definition) is 1. The smallest absolute Gasteiger partial charge is 0.103 e.